The third-order valence-corrected chi connectivity index (χ3v) is 3.45. The highest BCUT2D eigenvalue weighted by atomic mass is 16.6. The molecule has 3 N–H and O–H groups in total. The van der Waals surface area contributed by atoms with Crippen molar-refractivity contribution in [3.05, 3.63) is 29.6 Å². The number of hydrogen-bond acceptors (Lipinski definition) is 5. The molecule has 0 aliphatic heterocycles. The Morgan fingerprint density at radius 1 is 1.08 bits per heavy atom. The first-order valence-corrected chi connectivity index (χ1v) is 7.82. The van der Waals surface area contributed by atoms with E-state index in [4.69, 9.17) is 9.84 Å². The molecule has 2 aromatic heterocycles. The fraction of sp³-hybridized carbons (Fsp3) is 0.412. The van der Waals surface area contributed by atoms with E-state index in [-0.39, 0.29) is 17.0 Å². The topological polar surface area (TPSA) is 131 Å². The van der Waals surface area contributed by atoms with Crippen molar-refractivity contribution in [2.24, 2.45) is 0 Å². The Balaban J connectivity index is 2.59. The number of rotatable bonds is 4. The first-order valence-electron chi connectivity index (χ1n) is 7.82. The molecule has 26 heavy (non-hydrogen) atoms. The number of pyridine rings is 1. The average molecular weight is 363 g/mol. The number of carbonyl (C=O) groups excluding carboxylic acids is 1. The fourth-order valence-corrected chi connectivity index (χ4v) is 2.53. The molecular formula is C17H21N3O6. The number of ether oxygens (including phenoxy) is 1. The van der Waals surface area contributed by atoms with Crippen LogP contribution in [0.4, 0.5) is 4.79 Å². The van der Waals surface area contributed by atoms with E-state index in [2.05, 4.69) is 10.3 Å². The Kier molecular flexibility index (Phi) is 4.68. The van der Waals surface area contributed by atoms with Crippen molar-refractivity contribution in [1.82, 2.24) is 14.9 Å². The summed E-state index contributed by atoms with van der Waals surface area (Å²) in [5.74, 6) is -2.48. The molecule has 0 fully saturated rings. The molecule has 0 aliphatic carbocycles. The molecule has 0 atom stereocenters. The SMILES string of the molecule is CC(C)(C)OC(=O)NC(C)(C)n1c(C(=O)O)cc2ccc(C(=O)O)nc21. The van der Waals surface area contributed by atoms with Gasteiger partial charge in [-0.2, -0.15) is 0 Å². The number of carbonyl (C=O) groups is 3. The Labute approximate surface area is 149 Å². The van der Waals surface area contributed by atoms with Gasteiger partial charge in [0.25, 0.3) is 0 Å². The van der Waals surface area contributed by atoms with Crippen LogP contribution in [-0.2, 0) is 10.4 Å². The van der Waals surface area contributed by atoms with Crippen molar-refractivity contribution in [3.63, 3.8) is 0 Å². The number of nitrogens with one attached hydrogen (secondary N) is 1. The van der Waals surface area contributed by atoms with Crippen LogP contribution in [-0.4, -0.2) is 43.4 Å². The molecule has 140 valence electrons. The second kappa shape index (κ2) is 6.32. The third kappa shape index (κ3) is 3.93. The van der Waals surface area contributed by atoms with E-state index in [0.717, 1.165) is 0 Å². The van der Waals surface area contributed by atoms with Crippen LogP contribution in [0.1, 0.15) is 55.6 Å². The molecule has 9 nitrogen and oxygen atoms in total. The van der Waals surface area contributed by atoms with Gasteiger partial charge in [0.2, 0.25) is 0 Å². The smallest absolute Gasteiger partial charge is 0.409 e. The maximum Gasteiger partial charge on any atom is 0.409 e. The highest BCUT2D eigenvalue weighted by Crippen LogP contribution is 2.26. The van der Waals surface area contributed by atoms with Gasteiger partial charge < -0.3 is 14.9 Å². The maximum absolute atomic E-state index is 12.2. The van der Waals surface area contributed by atoms with Gasteiger partial charge in [0.1, 0.15) is 22.6 Å². The molecule has 1 amide bonds. The first-order chi connectivity index (χ1) is 11.8. The summed E-state index contributed by atoms with van der Waals surface area (Å²) >= 11 is 0. The summed E-state index contributed by atoms with van der Waals surface area (Å²) in [7, 11) is 0. The molecule has 2 rings (SSSR count). The Bertz CT molecular complexity index is 892. The second-order valence-corrected chi connectivity index (χ2v) is 7.27. The van der Waals surface area contributed by atoms with E-state index >= 15 is 0 Å². The lowest BCUT2D eigenvalue weighted by Crippen LogP contribution is -2.48. The summed E-state index contributed by atoms with van der Waals surface area (Å²) < 4.78 is 6.49. The minimum atomic E-state index is -1.25. The van der Waals surface area contributed by atoms with Gasteiger partial charge in [0.05, 0.1) is 0 Å². The predicted molar refractivity (Wildman–Crippen MR) is 92.3 cm³/mol. The lowest BCUT2D eigenvalue weighted by Gasteiger charge is -2.31. The summed E-state index contributed by atoms with van der Waals surface area (Å²) in [6.07, 6.45) is -0.741. The minimum absolute atomic E-state index is 0.128. The molecule has 0 aromatic carbocycles. The van der Waals surface area contributed by atoms with Crippen molar-refractivity contribution < 1.29 is 29.3 Å². The summed E-state index contributed by atoms with van der Waals surface area (Å²) in [5.41, 5.74) is -2.23. The van der Waals surface area contributed by atoms with Gasteiger partial charge in [-0.15, -0.1) is 0 Å². The Morgan fingerprint density at radius 2 is 1.69 bits per heavy atom. The van der Waals surface area contributed by atoms with E-state index < -0.39 is 29.3 Å². The van der Waals surface area contributed by atoms with Gasteiger partial charge in [0.15, 0.2) is 5.69 Å². The van der Waals surface area contributed by atoms with Gasteiger partial charge in [-0.1, -0.05) is 0 Å². The summed E-state index contributed by atoms with van der Waals surface area (Å²) in [6, 6.07) is 4.13. The summed E-state index contributed by atoms with van der Waals surface area (Å²) in [6.45, 7) is 8.24. The molecule has 0 saturated heterocycles. The summed E-state index contributed by atoms with van der Waals surface area (Å²) in [5, 5.41) is 21.7. The highest BCUT2D eigenvalue weighted by Gasteiger charge is 2.32. The molecule has 2 aromatic rings. The van der Waals surface area contributed by atoms with Crippen molar-refractivity contribution in [1.29, 1.82) is 0 Å². The van der Waals surface area contributed by atoms with Gasteiger partial charge in [-0.25, -0.2) is 19.4 Å². The molecular weight excluding hydrogens is 342 g/mol. The fourth-order valence-electron chi connectivity index (χ4n) is 2.53. The molecule has 0 aliphatic rings. The second-order valence-electron chi connectivity index (χ2n) is 7.27. The maximum atomic E-state index is 12.2. The monoisotopic (exact) mass is 363 g/mol. The Hall–Kier alpha value is -3.10. The van der Waals surface area contributed by atoms with E-state index in [1.54, 1.807) is 34.6 Å². The van der Waals surface area contributed by atoms with Crippen LogP contribution < -0.4 is 5.32 Å². The largest absolute Gasteiger partial charge is 0.477 e. The minimum Gasteiger partial charge on any atom is -0.477 e. The number of nitrogens with zero attached hydrogens (tertiary/aromatic N) is 2. The van der Waals surface area contributed by atoms with Crippen molar-refractivity contribution in [2.45, 2.75) is 45.9 Å². The van der Waals surface area contributed by atoms with Crippen molar-refractivity contribution >= 4 is 29.1 Å². The molecule has 0 spiro atoms. The number of alkyl carbamates (subject to hydrolysis) is 1. The molecule has 0 saturated carbocycles. The zero-order valence-electron chi connectivity index (χ0n) is 15.2. The molecule has 0 unspecified atom stereocenters. The first kappa shape index (κ1) is 19.2. The van der Waals surface area contributed by atoms with Crippen LogP contribution in [0.25, 0.3) is 11.0 Å². The van der Waals surface area contributed by atoms with E-state index in [1.807, 2.05) is 0 Å². The number of aromatic carboxylic acids is 2. The van der Waals surface area contributed by atoms with Gasteiger partial charge in [0, 0.05) is 5.39 Å². The molecule has 0 radical (unpaired) electrons. The quantitative estimate of drug-likeness (QED) is 0.761. The molecule has 0 bridgehead atoms. The number of fused-ring (bicyclic) bond motifs is 1. The molecule has 2 heterocycles. The van der Waals surface area contributed by atoms with Crippen molar-refractivity contribution in [3.8, 4) is 0 Å². The number of carboxylic acids is 2. The standard InChI is InChI=1S/C17H21N3O6/c1-16(2,3)26-15(25)19-17(4,5)20-11(14(23)24)8-9-6-7-10(13(21)22)18-12(9)20/h6-8H,1-5H3,(H,19,25)(H,21,22)(H,23,24). The van der Waals surface area contributed by atoms with Gasteiger partial charge >= 0.3 is 18.0 Å². The average Bonchev–Trinajstić information content (AvgIpc) is 2.83. The van der Waals surface area contributed by atoms with Crippen LogP contribution in [0.15, 0.2) is 18.2 Å². The van der Waals surface area contributed by atoms with Gasteiger partial charge in [-0.3, -0.25) is 9.88 Å². The van der Waals surface area contributed by atoms with Crippen molar-refractivity contribution in [2.75, 3.05) is 0 Å². The van der Waals surface area contributed by atoms with Crippen LogP contribution in [0.3, 0.4) is 0 Å². The van der Waals surface area contributed by atoms with Crippen LogP contribution in [0.5, 0.6) is 0 Å². The van der Waals surface area contributed by atoms with Crippen LogP contribution in [0, 0.1) is 0 Å². The zero-order chi connectivity index (χ0) is 19.9. The Morgan fingerprint density at radius 3 is 2.19 bits per heavy atom. The van der Waals surface area contributed by atoms with Crippen LogP contribution in [0.2, 0.25) is 0 Å². The van der Waals surface area contributed by atoms with E-state index in [9.17, 15) is 19.5 Å². The lowest BCUT2D eigenvalue weighted by molar-refractivity contribution is 0.0416. The van der Waals surface area contributed by atoms with Crippen LogP contribution >= 0.6 is 0 Å². The number of hydrogen-bond donors (Lipinski definition) is 3. The van der Waals surface area contributed by atoms with Gasteiger partial charge in [-0.05, 0) is 52.8 Å². The van der Waals surface area contributed by atoms with E-state index in [1.165, 1.54) is 22.8 Å². The number of carboxylic acid groups (broad SMARTS) is 2. The normalized spacial score (nSPS) is 12.0. The number of aromatic nitrogens is 2. The predicted octanol–water partition coefficient (Wildman–Crippen LogP) is 2.65. The van der Waals surface area contributed by atoms with E-state index in [0.29, 0.717) is 5.39 Å². The highest BCUT2D eigenvalue weighted by molar-refractivity contribution is 5.95. The zero-order valence-corrected chi connectivity index (χ0v) is 15.2. The lowest BCUT2D eigenvalue weighted by atomic mass is 10.2. The third-order valence-electron chi connectivity index (χ3n) is 3.45. The summed E-state index contributed by atoms with van der Waals surface area (Å²) in [4.78, 5) is 39.1. The number of amides is 1. The molecule has 9 heteroatoms.